The average Bonchev–Trinajstić information content (AvgIpc) is 3.32. The standard InChI is InChI=1S/C24H28F3N4O7PS2/c1-2-15-17-18(26)20(37-9-3-7-28)21(38-10-4-8-29)19(27)22(17)40-24(15)41(35,36)31-23(39(32,33)34)13-5-6-14(12-30)16(25)11-13/h5-6,11,23,31H,2-4,7-10,28-29H2,1H3,(H2,32,33,34). The maximum Gasteiger partial charge on any atom is 0.347 e. The maximum atomic E-state index is 15.9. The van der Waals surface area contributed by atoms with Crippen molar-refractivity contribution in [2.24, 2.45) is 11.5 Å². The van der Waals surface area contributed by atoms with Crippen molar-refractivity contribution in [3.63, 3.8) is 0 Å². The van der Waals surface area contributed by atoms with Crippen molar-refractivity contribution in [1.29, 1.82) is 5.26 Å². The third-order valence-electron chi connectivity index (χ3n) is 5.81. The molecule has 0 aliphatic heterocycles. The van der Waals surface area contributed by atoms with Crippen LogP contribution in [-0.4, -0.2) is 44.5 Å². The number of hydrogen-bond acceptors (Lipinski definition) is 9. The van der Waals surface area contributed by atoms with Crippen LogP contribution in [0.2, 0.25) is 0 Å². The summed E-state index contributed by atoms with van der Waals surface area (Å²) in [5, 5.41) is 8.53. The van der Waals surface area contributed by atoms with E-state index in [0.717, 1.165) is 12.1 Å². The van der Waals surface area contributed by atoms with Crippen LogP contribution < -0.4 is 25.7 Å². The van der Waals surface area contributed by atoms with E-state index in [-0.39, 0.29) is 38.3 Å². The second kappa shape index (κ2) is 13.5. The molecule has 11 nitrogen and oxygen atoms in total. The van der Waals surface area contributed by atoms with Crippen molar-refractivity contribution < 1.29 is 45.4 Å². The molecule has 0 bridgehead atoms. The predicted molar refractivity (Wildman–Crippen MR) is 146 cm³/mol. The van der Waals surface area contributed by atoms with Gasteiger partial charge in [0.05, 0.1) is 23.5 Å². The zero-order chi connectivity index (χ0) is 30.5. The largest absolute Gasteiger partial charge is 0.487 e. The number of halogens is 3. The molecule has 3 aromatic rings. The van der Waals surface area contributed by atoms with E-state index in [4.69, 9.17) is 26.2 Å². The van der Waals surface area contributed by atoms with E-state index in [9.17, 15) is 27.2 Å². The van der Waals surface area contributed by atoms with Crippen LogP contribution in [-0.2, 0) is 21.0 Å². The van der Waals surface area contributed by atoms with Gasteiger partial charge in [0.15, 0.2) is 11.6 Å². The fraction of sp³-hybridized carbons (Fsp3) is 0.375. The number of aryl methyl sites for hydroxylation is 1. The first kappa shape index (κ1) is 32.8. The van der Waals surface area contributed by atoms with Crippen molar-refractivity contribution >= 4 is 39.0 Å². The maximum absolute atomic E-state index is 15.9. The van der Waals surface area contributed by atoms with E-state index in [1.165, 1.54) is 6.92 Å². The van der Waals surface area contributed by atoms with Crippen molar-refractivity contribution in [3.05, 3.63) is 52.3 Å². The van der Waals surface area contributed by atoms with E-state index in [1.807, 2.05) is 4.72 Å². The molecule has 2 aromatic carbocycles. The highest BCUT2D eigenvalue weighted by atomic mass is 32.2. The number of hydrogen-bond donors (Lipinski definition) is 5. The van der Waals surface area contributed by atoms with Crippen molar-refractivity contribution in [2.45, 2.75) is 36.2 Å². The molecule has 0 aliphatic carbocycles. The second-order valence-electron chi connectivity index (χ2n) is 8.66. The first-order valence-corrected chi connectivity index (χ1v) is 16.2. The molecule has 0 radical (unpaired) electrons. The van der Waals surface area contributed by atoms with Crippen LogP contribution in [0.1, 0.15) is 42.2 Å². The molecule has 41 heavy (non-hydrogen) atoms. The monoisotopic (exact) mass is 636 g/mol. The van der Waals surface area contributed by atoms with Gasteiger partial charge in [-0.2, -0.15) is 9.98 Å². The first-order chi connectivity index (χ1) is 19.3. The van der Waals surface area contributed by atoms with E-state index in [1.54, 1.807) is 6.07 Å². The summed E-state index contributed by atoms with van der Waals surface area (Å²) in [5.41, 5.74) is 9.84. The van der Waals surface area contributed by atoms with Gasteiger partial charge in [0.1, 0.15) is 21.9 Å². The SMILES string of the molecule is CCc1c(S(=O)(=O)NC(c2ccc(C#N)c(F)c2)P(=O)(O)O)sc2c(F)c(OCCCN)c(OCCCN)c(F)c12. The molecule has 0 saturated carbocycles. The zero-order valence-corrected chi connectivity index (χ0v) is 24.2. The van der Waals surface area contributed by atoms with Crippen LogP contribution >= 0.6 is 18.9 Å². The molecular weight excluding hydrogens is 608 g/mol. The Kier molecular flexibility index (Phi) is 10.8. The lowest BCUT2D eigenvalue weighted by Gasteiger charge is -2.20. The second-order valence-corrected chi connectivity index (χ2v) is 13.3. The van der Waals surface area contributed by atoms with Gasteiger partial charge in [-0.05, 0) is 55.6 Å². The third kappa shape index (κ3) is 7.02. The Morgan fingerprint density at radius 3 is 2.17 bits per heavy atom. The highest BCUT2D eigenvalue weighted by Crippen LogP contribution is 2.52. The Bertz CT molecular complexity index is 1620. The highest BCUT2D eigenvalue weighted by molar-refractivity contribution is 7.92. The number of ether oxygens (including phenoxy) is 2. The number of nitrogens with zero attached hydrogens (tertiary/aromatic N) is 1. The number of thiophene rings is 1. The van der Waals surface area contributed by atoms with Gasteiger partial charge in [-0.3, -0.25) is 4.57 Å². The summed E-state index contributed by atoms with van der Waals surface area (Å²) in [6.45, 7) is 1.71. The fourth-order valence-electron chi connectivity index (χ4n) is 3.88. The zero-order valence-electron chi connectivity index (χ0n) is 21.7. The normalized spacial score (nSPS) is 12.9. The van der Waals surface area contributed by atoms with Gasteiger partial charge in [0.2, 0.25) is 11.5 Å². The van der Waals surface area contributed by atoms with Crippen molar-refractivity contribution in [3.8, 4) is 17.6 Å². The Morgan fingerprint density at radius 1 is 1.10 bits per heavy atom. The first-order valence-electron chi connectivity index (χ1n) is 12.2. The number of nitrogens with two attached hydrogens (primary N) is 2. The molecule has 0 amide bonds. The Balaban J connectivity index is 2.20. The van der Waals surface area contributed by atoms with Gasteiger partial charge in [-0.1, -0.05) is 13.0 Å². The number of rotatable bonds is 14. The van der Waals surface area contributed by atoms with Crippen molar-refractivity contribution in [1.82, 2.24) is 4.72 Å². The molecule has 17 heteroatoms. The summed E-state index contributed by atoms with van der Waals surface area (Å²) in [4.78, 5) is 19.8. The van der Waals surface area contributed by atoms with Crippen LogP contribution in [0.5, 0.6) is 11.5 Å². The lowest BCUT2D eigenvalue weighted by molar-refractivity contribution is 0.247. The summed E-state index contributed by atoms with van der Waals surface area (Å²) in [6.07, 6.45) is 0.471. The minimum atomic E-state index is -5.33. The summed E-state index contributed by atoms with van der Waals surface area (Å²) >= 11 is 0.328. The summed E-state index contributed by atoms with van der Waals surface area (Å²) in [7, 11) is -10.2. The predicted octanol–water partition coefficient (Wildman–Crippen LogP) is 3.36. The smallest absolute Gasteiger partial charge is 0.347 e. The van der Waals surface area contributed by atoms with E-state index in [2.05, 4.69) is 0 Å². The minimum absolute atomic E-state index is 0.0878. The van der Waals surface area contributed by atoms with Crippen LogP contribution in [0.15, 0.2) is 22.4 Å². The van der Waals surface area contributed by atoms with Gasteiger partial charge in [-0.15, -0.1) is 11.3 Å². The lowest BCUT2D eigenvalue weighted by Crippen LogP contribution is -2.29. The third-order valence-corrected chi connectivity index (χ3v) is 10.3. The molecule has 7 N–H and O–H groups in total. The van der Waals surface area contributed by atoms with Crippen LogP contribution in [0.25, 0.3) is 10.1 Å². The fourth-order valence-corrected chi connectivity index (χ4v) is 8.39. The van der Waals surface area contributed by atoms with E-state index >= 15 is 8.78 Å². The quantitative estimate of drug-likeness (QED) is 0.129. The molecule has 1 heterocycles. The molecule has 1 unspecified atom stereocenters. The van der Waals surface area contributed by atoms with Crippen molar-refractivity contribution in [2.75, 3.05) is 26.3 Å². The minimum Gasteiger partial charge on any atom is -0.487 e. The van der Waals surface area contributed by atoms with Gasteiger partial charge >= 0.3 is 7.60 Å². The topological polar surface area (TPSA) is 198 Å². The molecule has 0 aliphatic rings. The average molecular weight is 637 g/mol. The Labute approximate surface area is 238 Å². The number of nitrogens with one attached hydrogen (secondary N) is 1. The summed E-state index contributed by atoms with van der Waals surface area (Å²) < 4.78 is 96.9. The molecule has 0 spiro atoms. The van der Waals surface area contributed by atoms with E-state index < -0.39 is 77.8 Å². The Morgan fingerprint density at radius 2 is 1.68 bits per heavy atom. The lowest BCUT2D eigenvalue weighted by atomic mass is 10.1. The molecular formula is C24H28F3N4O7PS2. The summed E-state index contributed by atoms with van der Waals surface area (Å²) in [6, 6.07) is 4.08. The molecule has 1 aromatic heterocycles. The van der Waals surface area contributed by atoms with Gasteiger partial charge < -0.3 is 30.7 Å². The van der Waals surface area contributed by atoms with Crippen LogP contribution in [0.4, 0.5) is 13.2 Å². The number of nitriles is 1. The van der Waals surface area contributed by atoms with Gasteiger partial charge in [0.25, 0.3) is 10.0 Å². The molecule has 0 saturated heterocycles. The molecule has 0 fully saturated rings. The summed E-state index contributed by atoms with van der Waals surface area (Å²) in [5.74, 6) is -6.75. The number of sulfonamides is 1. The van der Waals surface area contributed by atoms with E-state index in [0.29, 0.717) is 30.2 Å². The molecule has 1 atom stereocenters. The Hall–Kier alpha value is -2.74. The molecule has 224 valence electrons. The highest BCUT2D eigenvalue weighted by Gasteiger charge is 2.38. The number of benzene rings is 2. The number of fused-ring (bicyclic) bond motifs is 1. The van der Waals surface area contributed by atoms with Gasteiger partial charge in [-0.25, -0.2) is 21.6 Å². The van der Waals surface area contributed by atoms with Gasteiger partial charge in [0, 0.05) is 5.39 Å². The molecule has 3 rings (SSSR count). The van der Waals surface area contributed by atoms with Crippen LogP contribution in [0.3, 0.4) is 0 Å². The van der Waals surface area contributed by atoms with Crippen LogP contribution in [0, 0.1) is 28.8 Å².